The molecule has 0 atom stereocenters. The third-order valence-electron chi connectivity index (χ3n) is 5.40. The number of esters is 1. The van der Waals surface area contributed by atoms with Gasteiger partial charge in [-0.25, -0.2) is 13.2 Å². The molecule has 2 heterocycles. The number of nitrogens with zero attached hydrogens (tertiary/aromatic N) is 2. The van der Waals surface area contributed by atoms with Gasteiger partial charge in [-0.05, 0) is 49.9 Å². The minimum Gasteiger partial charge on any atom is -0.455 e. The smallest absolute Gasteiger partial charge is 0.324 e. The number of amides is 3. The number of imide groups is 1. The lowest BCUT2D eigenvalue weighted by Crippen LogP contribution is -2.41. The first-order valence-electron chi connectivity index (χ1n) is 9.52. The normalized spacial score (nSPS) is 18.6. The number of carbonyl (C=O) groups excluding carboxylic acids is 3. The highest BCUT2D eigenvalue weighted by Gasteiger charge is 2.34. The van der Waals surface area contributed by atoms with E-state index in [0.717, 1.165) is 16.0 Å². The predicted octanol–water partition coefficient (Wildman–Crippen LogP) is 0.799. The van der Waals surface area contributed by atoms with Gasteiger partial charge in [0.25, 0.3) is 5.91 Å². The average Bonchev–Trinajstić information content (AvgIpc) is 3.14. The van der Waals surface area contributed by atoms with Crippen LogP contribution in [0.2, 0.25) is 0 Å². The molecule has 1 aromatic rings. The molecule has 0 bridgehead atoms. The van der Waals surface area contributed by atoms with Crippen LogP contribution in [0.25, 0.3) is 0 Å². The summed E-state index contributed by atoms with van der Waals surface area (Å²) in [6.07, 6.45) is 0.641. The van der Waals surface area contributed by atoms with Crippen LogP contribution in [-0.4, -0.2) is 68.3 Å². The quantitative estimate of drug-likeness (QED) is 0.701. The van der Waals surface area contributed by atoms with E-state index in [9.17, 15) is 22.8 Å². The van der Waals surface area contributed by atoms with Gasteiger partial charge in [0.1, 0.15) is 0 Å². The van der Waals surface area contributed by atoms with Crippen molar-refractivity contribution in [1.82, 2.24) is 14.5 Å². The summed E-state index contributed by atoms with van der Waals surface area (Å²) in [5.74, 6) is -1.58. The fraction of sp³-hybridized carbons (Fsp3) is 0.526. The molecule has 2 aliphatic rings. The number of urea groups is 1. The van der Waals surface area contributed by atoms with Gasteiger partial charge in [0, 0.05) is 26.2 Å². The van der Waals surface area contributed by atoms with E-state index < -0.39 is 40.5 Å². The lowest BCUT2D eigenvalue weighted by atomic mass is 9.98. The van der Waals surface area contributed by atoms with Crippen molar-refractivity contribution < 1.29 is 27.5 Å². The second-order valence-corrected chi connectivity index (χ2v) is 9.25. The number of benzene rings is 1. The highest BCUT2D eigenvalue weighted by molar-refractivity contribution is 7.89. The maximum atomic E-state index is 12.8. The SMILES string of the molecule is Cc1ccc(S(=O)(=O)N2CCC(C(=O)OCC(=O)N3CCNC3=O)CC2)cc1C. The molecule has 2 aliphatic heterocycles. The molecule has 0 aromatic heterocycles. The van der Waals surface area contributed by atoms with Crippen molar-refractivity contribution in [3.05, 3.63) is 29.3 Å². The summed E-state index contributed by atoms with van der Waals surface area (Å²) in [4.78, 5) is 36.9. The Morgan fingerprint density at radius 1 is 1.14 bits per heavy atom. The van der Waals surface area contributed by atoms with Crippen LogP contribution in [0, 0.1) is 19.8 Å². The number of hydrogen-bond donors (Lipinski definition) is 1. The maximum absolute atomic E-state index is 12.8. The van der Waals surface area contributed by atoms with Crippen LogP contribution in [0.5, 0.6) is 0 Å². The number of ether oxygens (including phenoxy) is 1. The summed E-state index contributed by atoms with van der Waals surface area (Å²) in [6, 6.07) is 4.55. The van der Waals surface area contributed by atoms with E-state index in [-0.39, 0.29) is 24.5 Å². The molecule has 0 radical (unpaired) electrons. The Kier molecular flexibility index (Phi) is 6.23. The highest BCUT2D eigenvalue weighted by Crippen LogP contribution is 2.25. The molecule has 1 aromatic carbocycles. The van der Waals surface area contributed by atoms with Gasteiger partial charge in [-0.1, -0.05) is 6.07 Å². The minimum atomic E-state index is -3.62. The molecule has 10 heteroatoms. The van der Waals surface area contributed by atoms with Crippen molar-refractivity contribution >= 4 is 27.9 Å². The van der Waals surface area contributed by atoms with Gasteiger partial charge in [-0.2, -0.15) is 4.31 Å². The largest absolute Gasteiger partial charge is 0.455 e. The molecule has 1 N–H and O–H groups in total. The van der Waals surface area contributed by atoms with Crippen LogP contribution in [-0.2, 0) is 24.3 Å². The van der Waals surface area contributed by atoms with Crippen LogP contribution >= 0.6 is 0 Å². The van der Waals surface area contributed by atoms with E-state index in [1.54, 1.807) is 18.2 Å². The fourth-order valence-corrected chi connectivity index (χ4v) is 4.95. The first-order valence-corrected chi connectivity index (χ1v) is 11.0. The second kappa shape index (κ2) is 8.50. The van der Waals surface area contributed by atoms with E-state index >= 15 is 0 Å². The number of carbonyl (C=O) groups is 3. The molecule has 158 valence electrons. The number of aryl methyl sites for hydroxylation is 2. The highest BCUT2D eigenvalue weighted by atomic mass is 32.2. The number of hydrogen-bond acceptors (Lipinski definition) is 6. The topological polar surface area (TPSA) is 113 Å². The van der Waals surface area contributed by atoms with Crippen molar-refractivity contribution in [2.24, 2.45) is 5.92 Å². The molecule has 3 amide bonds. The molecule has 3 rings (SSSR count). The van der Waals surface area contributed by atoms with Crippen molar-refractivity contribution in [3.63, 3.8) is 0 Å². The summed E-state index contributed by atoms with van der Waals surface area (Å²) in [5.41, 5.74) is 1.92. The zero-order valence-corrected chi connectivity index (χ0v) is 17.3. The van der Waals surface area contributed by atoms with Crippen molar-refractivity contribution in [3.8, 4) is 0 Å². The van der Waals surface area contributed by atoms with E-state index in [4.69, 9.17) is 4.74 Å². The summed E-state index contributed by atoms with van der Waals surface area (Å²) in [5, 5.41) is 2.50. The predicted molar refractivity (Wildman–Crippen MR) is 103 cm³/mol. The molecule has 0 aliphatic carbocycles. The first-order chi connectivity index (χ1) is 13.7. The summed E-state index contributed by atoms with van der Waals surface area (Å²) >= 11 is 0. The van der Waals surface area contributed by atoms with Crippen LogP contribution < -0.4 is 5.32 Å². The first kappa shape index (κ1) is 21.3. The van der Waals surface area contributed by atoms with Crippen molar-refractivity contribution in [2.45, 2.75) is 31.6 Å². The average molecular weight is 423 g/mol. The number of rotatable bonds is 5. The third kappa shape index (κ3) is 4.59. The third-order valence-corrected chi connectivity index (χ3v) is 7.29. The lowest BCUT2D eigenvalue weighted by molar-refractivity contribution is -0.155. The molecule has 29 heavy (non-hydrogen) atoms. The standard InChI is InChI=1S/C19H25N3O6S/c1-13-3-4-16(11-14(13)2)29(26,27)21-8-5-15(6-9-21)18(24)28-12-17(23)22-10-7-20-19(22)25/h3-4,11,15H,5-10,12H2,1-2H3,(H,20,25). The van der Waals surface area contributed by atoms with E-state index in [1.165, 1.54) is 4.31 Å². The molecule has 9 nitrogen and oxygen atoms in total. The van der Waals surface area contributed by atoms with Crippen LogP contribution in [0.15, 0.2) is 23.1 Å². The zero-order valence-electron chi connectivity index (χ0n) is 16.5. The lowest BCUT2D eigenvalue weighted by Gasteiger charge is -2.30. The van der Waals surface area contributed by atoms with E-state index in [0.29, 0.717) is 19.4 Å². The number of piperidine rings is 1. The Hall–Kier alpha value is -2.46. The molecule has 2 saturated heterocycles. The second-order valence-electron chi connectivity index (χ2n) is 7.31. The molecule has 2 fully saturated rings. The zero-order chi connectivity index (χ0) is 21.2. The number of nitrogens with one attached hydrogen (secondary N) is 1. The summed E-state index contributed by atoms with van der Waals surface area (Å²) in [7, 11) is -3.62. The van der Waals surface area contributed by atoms with Gasteiger partial charge in [-0.3, -0.25) is 14.5 Å². The van der Waals surface area contributed by atoms with Gasteiger partial charge in [0.05, 0.1) is 10.8 Å². The monoisotopic (exact) mass is 423 g/mol. The van der Waals surface area contributed by atoms with Gasteiger partial charge >= 0.3 is 12.0 Å². The summed E-state index contributed by atoms with van der Waals surface area (Å²) < 4.78 is 32.1. The molecular weight excluding hydrogens is 398 g/mol. The molecular formula is C19H25N3O6S. The van der Waals surface area contributed by atoms with Gasteiger partial charge in [-0.15, -0.1) is 0 Å². The van der Waals surface area contributed by atoms with Gasteiger partial charge in [0.2, 0.25) is 10.0 Å². The van der Waals surface area contributed by atoms with Crippen molar-refractivity contribution in [1.29, 1.82) is 0 Å². The van der Waals surface area contributed by atoms with Crippen LogP contribution in [0.1, 0.15) is 24.0 Å². The van der Waals surface area contributed by atoms with E-state index in [1.807, 2.05) is 13.8 Å². The Morgan fingerprint density at radius 3 is 2.41 bits per heavy atom. The molecule has 0 unspecified atom stereocenters. The maximum Gasteiger partial charge on any atom is 0.324 e. The Balaban J connectivity index is 1.53. The number of sulfonamides is 1. The van der Waals surface area contributed by atoms with Gasteiger partial charge < -0.3 is 10.1 Å². The Morgan fingerprint density at radius 2 is 1.83 bits per heavy atom. The van der Waals surface area contributed by atoms with Gasteiger partial charge in [0.15, 0.2) is 6.61 Å². The Labute approximate surface area is 170 Å². The van der Waals surface area contributed by atoms with Crippen molar-refractivity contribution in [2.75, 3.05) is 32.8 Å². The molecule has 0 spiro atoms. The Bertz CT molecular complexity index is 922. The molecule has 0 saturated carbocycles. The van der Waals surface area contributed by atoms with Crippen LogP contribution in [0.3, 0.4) is 0 Å². The fourth-order valence-electron chi connectivity index (χ4n) is 3.39. The minimum absolute atomic E-state index is 0.206. The van der Waals surface area contributed by atoms with Crippen LogP contribution in [0.4, 0.5) is 4.79 Å². The summed E-state index contributed by atoms with van der Waals surface area (Å²) in [6.45, 7) is 4.34. The van der Waals surface area contributed by atoms with E-state index in [2.05, 4.69) is 5.32 Å².